The minimum absolute atomic E-state index is 0.287. The Morgan fingerprint density at radius 1 is 1.41 bits per heavy atom. The first-order chi connectivity index (χ1) is 7.93. The topological polar surface area (TPSA) is 37.3 Å². The fraction of sp³-hybridized carbons (Fsp3) is 0.462. The Hall–Kier alpha value is -0.730. The van der Waals surface area contributed by atoms with Crippen LogP contribution in [0.4, 0.5) is 0 Å². The van der Waals surface area contributed by atoms with Gasteiger partial charge in [-0.05, 0) is 49.8 Å². The number of benzene rings is 1. The number of hydrogen-bond donors (Lipinski definition) is 1. The number of aliphatic carboxylic acids is 1. The molecule has 1 fully saturated rings. The van der Waals surface area contributed by atoms with Crippen molar-refractivity contribution in [3.63, 3.8) is 0 Å². The first-order valence-electron chi connectivity index (χ1n) is 5.61. The van der Waals surface area contributed by atoms with Crippen LogP contribution < -0.4 is 0 Å². The van der Waals surface area contributed by atoms with Gasteiger partial charge >= 0.3 is 5.97 Å². The second-order valence-electron chi connectivity index (χ2n) is 4.92. The summed E-state index contributed by atoms with van der Waals surface area (Å²) in [5.41, 5.74) is 0.244. The first-order valence-corrected chi connectivity index (χ1v) is 6.36. The maximum Gasteiger partial charge on any atom is 0.309 e. The van der Waals surface area contributed by atoms with Crippen LogP contribution >= 0.6 is 23.2 Å². The number of carboxylic acid groups (broad SMARTS) is 1. The van der Waals surface area contributed by atoms with Gasteiger partial charge in [-0.2, -0.15) is 0 Å². The first kappa shape index (κ1) is 12.7. The molecule has 0 spiro atoms. The molecule has 1 saturated carbocycles. The molecule has 0 aromatic heterocycles. The summed E-state index contributed by atoms with van der Waals surface area (Å²) in [5.74, 6) is -0.444. The van der Waals surface area contributed by atoms with Crippen LogP contribution in [0.5, 0.6) is 0 Å². The van der Waals surface area contributed by atoms with Gasteiger partial charge in [0.1, 0.15) is 0 Å². The van der Waals surface area contributed by atoms with Gasteiger partial charge in [-0.15, -0.1) is 0 Å². The Morgan fingerprint density at radius 3 is 2.53 bits per heavy atom. The molecule has 2 nitrogen and oxygen atoms in total. The number of halogens is 2. The van der Waals surface area contributed by atoms with Crippen molar-refractivity contribution >= 4 is 29.2 Å². The van der Waals surface area contributed by atoms with Gasteiger partial charge in [0.05, 0.1) is 15.5 Å². The number of rotatable bonds is 4. The summed E-state index contributed by atoms with van der Waals surface area (Å²) in [6.45, 7) is 1.81. The van der Waals surface area contributed by atoms with Crippen molar-refractivity contribution in [1.82, 2.24) is 0 Å². The van der Waals surface area contributed by atoms with E-state index in [0.29, 0.717) is 16.5 Å². The van der Waals surface area contributed by atoms with Gasteiger partial charge in [0.2, 0.25) is 0 Å². The number of hydrogen-bond acceptors (Lipinski definition) is 1. The van der Waals surface area contributed by atoms with Crippen molar-refractivity contribution in [2.75, 3.05) is 0 Å². The molecule has 17 heavy (non-hydrogen) atoms. The Balaban J connectivity index is 2.23. The third-order valence-electron chi connectivity index (χ3n) is 3.52. The van der Waals surface area contributed by atoms with Crippen molar-refractivity contribution in [2.24, 2.45) is 11.3 Å². The van der Waals surface area contributed by atoms with Crippen molar-refractivity contribution < 1.29 is 9.90 Å². The molecular formula is C13H14Cl2O2. The van der Waals surface area contributed by atoms with Crippen molar-refractivity contribution in [1.29, 1.82) is 0 Å². The van der Waals surface area contributed by atoms with E-state index in [9.17, 15) is 9.90 Å². The summed E-state index contributed by atoms with van der Waals surface area (Å²) in [5, 5.41) is 10.3. The smallest absolute Gasteiger partial charge is 0.309 e. The quantitative estimate of drug-likeness (QED) is 0.899. The van der Waals surface area contributed by atoms with Gasteiger partial charge in [0.25, 0.3) is 0 Å². The van der Waals surface area contributed by atoms with Crippen LogP contribution in [0.3, 0.4) is 0 Å². The lowest BCUT2D eigenvalue weighted by atomic mass is 9.79. The van der Waals surface area contributed by atoms with Crippen LogP contribution in [-0.2, 0) is 11.2 Å². The van der Waals surface area contributed by atoms with Crippen molar-refractivity contribution in [3.05, 3.63) is 33.8 Å². The molecule has 1 aromatic carbocycles. The Morgan fingerprint density at radius 2 is 2.06 bits per heavy atom. The van der Waals surface area contributed by atoms with Crippen molar-refractivity contribution in [2.45, 2.75) is 26.2 Å². The molecule has 1 aliphatic rings. The standard InChI is InChI=1S/C13H14Cl2O2/c1-13(12(16)17,9-3-4-9)7-8-2-5-10(14)11(15)6-8/h2,5-6,9H,3-4,7H2,1H3,(H,16,17). The molecule has 4 heteroatoms. The molecule has 1 atom stereocenters. The fourth-order valence-electron chi connectivity index (χ4n) is 2.19. The molecule has 0 saturated heterocycles. The van der Waals surface area contributed by atoms with E-state index in [0.717, 1.165) is 18.4 Å². The van der Waals surface area contributed by atoms with Crippen LogP contribution in [0, 0.1) is 11.3 Å². The van der Waals surface area contributed by atoms with E-state index in [1.54, 1.807) is 12.1 Å². The predicted octanol–water partition coefficient (Wildman–Crippen LogP) is 4.04. The molecule has 1 unspecified atom stereocenters. The molecule has 0 heterocycles. The number of carbonyl (C=O) groups is 1. The summed E-state index contributed by atoms with van der Waals surface area (Å²) in [6, 6.07) is 5.32. The molecule has 0 bridgehead atoms. The average molecular weight is 273 g/mol. The van der Waals surface area contributed by atoms with Gasteiger partial charge in [-0.3, -0.25) is 4.79 Å². The van der Waals surface area contributed by atoms with E-state index < -0.39 is 11.4 Å². The fourth-order valence-corrected chi connectivity index (χ4v) is 2.51. The van der Waals surface area contributed by atoms with Gasteiger partial charge in [0, 0.05) is 0 Å². The van der Waals surface area contributed by atoms with Crippen LogP contribution in [0.25, 0.3) is 0 Å². The molecule has 1 N–H and O–H groups in total. The maximum atomic E-state index is 11.4. The third kappa shape index (κ3) is 2.58. The lowest BCUT2D eigenvalue weighted by Crippen LogP contribution is -2.32. The molecule has 0 amide bonds. The normalized spacial score (nSPS) is 18.8. The van der Waals surface area contributed by atoms with E-state index in [4.69, 9.17) is 23.2 Å². The van der Waals surface area contributed by atoms with E-state index in [1.807, 2.05) is 13.0 Å². The molecule has 2 rings (SSSR count). The highest BCUT2D eigenvalue weighted by Crippen LogP contribution is 2.47. The molecule has 1 aromatic rings. The lowest BCUT2D eigenvalue weighted by Gasteiger charge is -2.24. The Bertz CT molecular complexity index is 455. The summed E-state index contributed by atoms with van der Waals surface area (Å²) in [7, 11) is 0. The average Bonchev–Trinajstić information content (AvgIpc) is 3.07. The van der Waals surface area contributed by atoms with Crippen molar-refractivity contribution in [3.8, 4) is 0 Å². The summed E-state index contributed by atoms with van der Waals surface area (Å²) >= 11 is 11.8. The van der Waals surface area contributed by atoms with Gasteiger partial charge in [0.15, 0.2) is 0 Å². The zero-order valence-corrected chi connectivity index (χ0v) is 11.1. The highest BCUT2D eigenvalue weighted by atomic mass is 35.5. The van der Waals surface area contributed by atoms with E-state index >= 15 is 0 Å². The zero-order chi connectivity index (χ0) is 12.6. The molecule has 92 valence electrons. The minimum Gasteiger partial charge on any atom is -0.481 e. The van der Waals surface area contributed by atoms with Crippen LogP contribution in [-0.4, -0.2) is 11.1 Å². The Kier molecular flexibility index (Phi) is 3.37. The van der Waals surface area contributed by atoms with Crippen LogP contribution in [0.2, 0.25) is 10.0 Å². The SMILES string of the molecule is CC(Cc1ccc(Cl)c(Cl)c1)(C(=O)O)C1CC1. The van der Waals surface area contributed by atoms with Crippen LogP contribution in [0.1, 0.15) is 25.3 Å². The highest BCUT2D eigenvalue weighted by molar-refractivity contribution is 6.42. The number of carboxylic acids is 1. The predicted molar refractivity (Wildman–Crippen MR) is 68.6 cm³/mol. The van der Waals surface area contributed by atoms with Gasteiger partial charge in [-0.1, -0.05) is 29.3 Å². The molecule has 0 radical (unpaired) electrons. The highest BCUT2D eigenvalue weighted by Gasteiger charge is 2.47. The molecular weight excluding hydrogens is 259 g/mol. The van der Waals surface area contributed by atoms with Gasteiger partial charge < -0.3 is 5.11 Å². The maximum absolute atomic E-state index is 11.4. The zero-order valence-electron chi connectivity index (χ0n) is 9.54. The van der Waals surface area contributed by atoms with Crippen LogP contribution in [0.15, 0.2) is 18.2 Å². The molecule has 0 aliphatic heterocycles. The third-order valence-corrected chi connectivity index (χ3v) is 4.26. The van der Waals surface area contributed by atoms with E-state index in [1.165, 1.54) is 0 Å². The summed E-state index contributed by atoms with van der Waals surface area (Å²) in [4.78, 5) is 11.4. The second-order valence-corrected chi connectivity index (χ2v) is 5.74. The van der Waals surface area contributed by atoms with E-state index in [2.05, 4.69) is 0 Å². The summed E-state index contributed by atoms with van der Waals surface area (Å²) < 4.78 is 0. The largest absolute Gasteiger partial charge is 0.481 e. The second kappa shape index (κ2) is 4.51. The molecule has 1 aliphatic carbocycles. The minimum atomic E-state index is -0.730. The Labute approximate surface area is 111 Å². The lowest BCUT2D eigenvalue weighted by molar-refractivity contribution is -0.149. The van der Waals surface area contributed by atoms with Gasteiger partial charge in [-0.25, -0.2) is 0 Å². The monoisotopic (exact) mass is 272 g/mol. The van der Waals surface area contributed by atoms with E-state index in [-0.39, 0.29) is 5.92 Å². The summed E-state index contributed by atoms with van der Waals surface area (Å²) in [6.07, 6.45) is 2.51.